The van der Waals surface area contributed by atoms with Gasteiger partial charge in [-0.25, -0.2) is 0 Å². The van der Waals surface area contributed by atoms with Crippen LogP contribution in [0.25, 0.3) is 0 Å². The van der Waals surface area contributed by atoms with E-state index in [1.807, 2.05) is 32.9 Å². The number of halogens is 1. The number of carboxylic acid groups (broad SMARTS) is 1. The lowest BCUT2D eigenvalue weighted by Crippen LogP contribution is -2.42. The maximum atomic E-state index is 12.5. The number of aliphatic carboxylic acids is 1. The van der Waals surface area contributed by atoms with Crippen molar-refractivity contribution in [3.05, 3.63) is 33.8 Å². The Morgan fingerprint density at radius 1 is 1.42 bits per heavy atom. The molecule has 0 fully saturated rings. The molecule has 0 aliphatic carbocycles. The van der Waals surface area contributed by atoms with Crippen molar-refractivity contribution in [3.8, 4) is 0 Å². The van der Waals surface area contributed by atoms with Crippen LogP contribution in [0.5, 0.6) is 0 Å². The number of aryl methyl sites for hydroxylation is 1. The van der Waals surface area contributed by atoms with Crippen molar-refractivity contribution in [1.82, 2.24) is 4.90 Å². The maximum absolute atomic E-state index is 12.5. The standard InChI is InChI=1S/C14H18BrNO3/c1-4-10(3)16(8-13(17)18)14(19)12-7-11(15)6-5-9(12)2/h5-7,10H,4,8H2,1-3H3,(H,17,18). The van der Waals surface area contributed by atoms with Crippen molar-refractivity contribution < 1.29 is 14.7 Å². The van der Waals surface area contributed by atoms with Crippen LogP contribution >= 0.6 is 15.9 Å². The Balaban J connectivity index is 3.11. The van der Waals surface area contributed by atoms with Gasteiger partial charge in [-0.05, 0) is 38.0 Å². The van der Waals surface area contributed by atoms with Gasteiger partial charge < -0.3 is 10.0 Å². The SMILES string of the molecule is CCC(C)N(CC(=O)O)C(=O)c1cc(Br)ccc1C. The molecule has 1 aromatic carbocycles. The van der Waals surface area contributed by atoms with Crippen molar-refractivity contribution in [3.63, 3.8) is 0 Å². The first-order chi connectivity index (χ1) is 8.86. The molecule has 0 saturated carbocycles. The molecule has 0 aromatic heterocycles. The number of carbonyl (C=O) groups excluding carboxylic acids is 1. The quantitative estimate of drug-likeness (QED) is 0.904. The Hall–Kier alpha value is -1.36. The van der Waals surface area contributed by atoms with Crippen molar-refractivity contribution >= 4 is 27.8 Å². The number of rotatable bonds is 5. The molecule has 0 saturated heterocycles. The van der Waals surface area contributed by atoms with E-state index in [1.54, 1.807) is 6.07 Å². The zero-order valence-corrected chi connectivity index (χ0v) is 12.9. The number of carbonyl (C=O) groups is 2. The molecule has 0 radical (unpaired) electrons. The summed E-state index contributed by atoms with van der Waals surface area (Å²) in [5, 5.41) is 8.94. The molecule has 0 spiro atoms. The van der Waals surface area contributed by atoms with E-state index in [-0.39, 0.29) is 18.5 Å². The van der Waals surface area contributed by atoms with Crippen LogP contribution in [-0.2, 0) is 4.79 Å². The minimum atomic E-state index is -0.999. The van der Waals surface area contributed by atoms with E-state index in [4.69, 9.17) is 5.11 Å². The average Bonchev–Trinajstić information content (AvgIpc) is 2.37. The van der Waals surface area contributed by atoms with Crippen LogP contribution in [0.3, 0.4) is 0 Å². The summed E-state index contributed by atoms with van der Waals surface area (Å²) < 4.78 is 0.806. The zero-order chi connectivity index (χ0) is 14.6. The summed E-state index contributed by atoms with van der Waals surface area (Å²) in [5.74, 6) is -1.24. The summed E-state index contributed by atoms with van der Waals surface area (Å²) in [4.78, 5) is 24.8. The van der Waals surface area contributed by atoms with Crippen molar-refractivity contribution in [2.24, 2.45) is 0 Å². The Morgan fingerprint density at radius 2 is 2.05 bits per heavy atom. The molecule has 5 heteroatoms. The molecule has 104 valence electrons. The molecule has 1 rings (SSSR count). The van der Waals surface area contributed by atoms with Gasteiger partial charge in [0.05, 0.1) is 0 Å². The van der Waals surface area contributed by atoms with Crippen LogP contribution in [-0.4, -0.2) is 34.5 Å². The lowest BCUT2D eigenvalue weighted by Gasteiger charge is -2.27. The lowest BCUT2D eigenvalue weighted by atomic mass is 10.1. The van der Waals surface area contributed by atoms with Gasteiger partial charge in [-0.2, -0.15) is 0 Å². The number of amides is 1. The first kappa shape index (κ1) is 15.7. The Bertz CT molecular complexity index is 488. The van der Waals surface area contributed by atoms with Gasteiger partial charge in [0.2, 0.25) is 0 Å². The van der Waals surface area contributed by atoms with Gasteiger partial charge in [0.25, 0.3) is 5.91 Å². The van der Waals surface area contributed by atoms with Crippen LogP contribution in [0.2, 0.25) is 0 Å². The van der Waals surface area contributed by atoms with E-state index in [0.29, 0.717) is 12.0 Å². The summed E-state index contributed by atoms with van der Waals surface area (Å²) in [6.07, 6.45) is 0.714. The third-order valence-electron chi connectivity index (χ3n) is 3.12. The van der Waals surface area contributed by atoms with E-state index < -0.39 is 5.97 Å². The third-order valence-corrected chi connectivity index (χ3v) is 3.61. The van der Waals surface area contributed by atoms with Crippen LogP contribution in [0.15, 0.2) is 22.7 Å². The molecule has 0 heterocycles. The highest BCUT2D eigenvalue weighted by molar-refractivity contribution is 9.10. The molecule has 0 aliphatic heterocycles. The molecule has 19 heavy (non-hydrogen) atoms. The fourth-order valence-corrected chi connectivity index (χ4v) is 2.13. The molecular weight excluding hydrogens is 310 g/mol. The zero-order valence-electron chi connectivity index (χ0n) is 11.3. The summed E-state index contributed by atoms with van der Waals surface area (Å²) in [6, 6.07) is 5.32. The second-order valence-electron chi connectivity index (χ2n) is 4.54. The van der Waals surface area contributed by atoms with E-state index in [1.165, 1.54) is 4.90 Å². The highest BCUT2D eigenvalue weighted by atomic mass is 79.9. The van der Waals surface area contributed by atoms with Crippen LogP contribution in [0.4, 0.5) is 0 Å². The topological polar surface area (TPSA) is 57.6 Å². The van der Waals surface area contributed by atoms with E-state index >= 15 is 0 Å². The van der Waals surface area contributed by atoms with Crippen molar-refractivity contribution in [2.75, 3.05) is 6.54 Å². The molecular formula is C14H18BrNO3. The molecule has 1 atom stereocenters. The van der Waals surface area contributed by atoms with Gasteiger partial charge in [-0.1, -0.05) is 28.9 Å². The molecule has 1 N–H and O–H groups in total. The number of nitrogens with zero attached hydrogens (tertiary/aromatic N) is 1. The minimum Gasteiger partial charge on any atom is -0.480 e. The smallest absolute Gasteiger partial charge is 0.323 e. The summed E-state index contributed by atoms with van der Waals surface area (Å²) in [5.41, 5.74) is 1.38. The molecule has 1 unspecified atom stereocenters. The molecule has 4 nitrogen and oxygen atoms in total. The van der Waals surface area contributed by atoms with Crippen LogP contribution in [0.1, 0.15) is 36.2 Å². The average molecular weight is 328 g/mol. The summed E-state index contributed by atoms with van der Waals surface area (Å²) in [7, 11) is 0. The second kappa shape index (κ2) is 6.70. The second-order valence-corrected chi connectivity index (χ2v) is 5.46. The largest absolute Gasteiger partial charge is 0.480 e. The monoisotopic (exact) mass is 327 g/mol. The van der Waals surface area contributed by atoms with Gasteiger partial charge in [-0.3, -0.25) is 9.59 Å². The van der Waals surface area contributed by atoms with Gasteiger partial charge in [0.15, 0.2) is 0 Å². The summed E-state index contributed by atoms with van der Waals surface area (Å²) >= 11 is 3.33. The fourth-order valence-electron chi connectivity index (χ4n) is 1.77. The predicted molar refractivity (Wildman–Crippen MR) is 77.3 cm³/mol. The Morgan fingerprint density at radius 3 is 2.58 bits per heavy atom. The van der Waals surface area contributed by atoms with Crippen molar-refractivity contribution in [1.29, 1.82) is 0 Å². The fraction of sp³-hybridized carbons (Fsp3) is 0.429. The van der Waals surface area contributed by atoms with Gasteiger partial charge in [0, 0.05) is 16.1 Å². The van der Waals surface area contributed by atoms with E-state index in [9.17, 15) is 9.59 Å². The number of hydrogen-bond donors (Lipinski definition) is 1. The van der Waals surface area contributed by atoms with E-state index in [0.717, 1.165) is 10.0 Å². The van der Waals surface area contributed by atoms with E-state index in [2.05, 4.69) is 15.9 Å². The first-order valence-electron chi connectivity index (χ1n) is 6.15. The number of carboxylic acids is 1. The number of benzene rings is 1. The number of hydrogen-bond acceptors (Lipinski definition) is 2. The summed E-state index contributed by atoms with van der Waals surface area (Å²) in [6.45, 7) is 5.35. The van der Waals surface area contributed by atoms with Crippen molar-refractivity contribution in [2.45, 2.75) is 33.2 Å². The minimum absolute atomic E-state index is 0.109. The van der Waals surface area contributed by atoms with Crippen LogP contribution in [0, 0.1) is 6.92 Å². The molecule has 1 amide bonds. The first-order valence-corrected chi connectivity index (χ1v) is 6.95. The highest BCUT2D eigenvalue weighted by Gasteiger charge is 2.24. The van der Waals surface area contributed by atoms with Gasteiger partial charge in [-0.15, -0.1) is 0 Å². The Kier molecular flexibility index (Phi) is 5.54. The van der Waals surface area contributed by atoms with Crippen LogP contribution < -0.4 is 0 Å². The third kappa shape index (κ3) is 4.06. The molecule has 1 aromatic rings. The van der Waals surface area contributed by atoms with Gasteiger partial charge in [0.1, 0.15) is 6.54 Å². The highest BCUT2D eigenvalue weighted by Crippen LogP contribution is 2.19. The maximum Gasteiger partial charge on any atom is 0.323 e. The molecule has 0 aliphatic rings. The van der Waals surface area contributed by atoms with Gasteiger partial charge >= 0.3 is 5.97 Å². The predicted octanol–water partition coefficient (Wildman–Crippen LogP) is 3.08. The normalized spacial score (nSPS) is 12.0. The Labute approximate surface area is 121 Å². The molecule has 0 bridgehead atoms. The lowest BCUT2D eigenvalue weighted by molar-refractivity contribution is -0.138.